The Hall–Kier alpha value is -2.48. The van der Waals surface area contributed by atoms with Crippen LogP contribution in [0.15, 0.2) is 36.0 Å². The number of hydrogen-bond donors (Lipinski definition) is 0. The molecule has 0 unspecified atom stereocenters. The lowest BCUT2D eigenvalue weighted by molar-refractivity contribution is -0.129. The monoisotopic (exact) mass is 416 g/mol. The number of thioether (sulfide) groups is 1. The molecule has 156 valence electrons. The second-order valence-corrected chi connectivity index (χ2v) is 8.10. The average Bonchev–Trinajstić information content (AvgIpc) is 3.15. The normalized spacial score (nSPS) is 14.7. The fourth-order valence-electron chi connectivity index (χ4n) is 3.31. The van der Waals surface area contributed by atoms with Crippen molar-refractivity contribution in [2.45, 2.75) is 31.5 Å². The van der Waals surface area contributed by atoms with Gasteiger partial charge in [-0.2, -0.15) is 0 Å². The Kier molecular flexibility index (Phi) is 7.19. The van der Waals surface area contributed by atoms with E-state index in [0.717, 1.165) is 31.5 Å². The van der Waals surface area contributed by atoms with Crippen LogP contribution in [0, 0.1) is 5.92 Å². The summed E-state index contributed by atoms with van der Waals surface area (Å²) >= 11 is 1.41. The molecule has 0 atom stereocenters. The van der Waals surface area contributed by atoms with Gasteiger partial charge in [0.25, 0.3) is 0 Å². The van der Waals surface area contributed by atoms with Crippen LogP contribution in [-0.2, 0) is 11.3 Å². The SMILES string of the molecule is C=CCn1c(SCC(=O)N2CCC(C)CC2)nnc1-c1cc(OC)cc(OC)c1. The molecule has 0 saturated carbocycles. The summed E-state index contributed by atoms with van der Waals surface area (Å²) in [5.74, 6) is 3.24. The van der Waals surface area contributed by atoms with E-state index in [1.807, 2.05) is 27.7 Å². The van der Waals surface area contributed by atoms with Gasteiger partial charge < -0.3 is 14.4 Å². The van der Waals surface area contributed by atoms with Gasteiger partial charge in [0.1, 0.15) is 11.5 Å². The van der Waals surface area contributed by atoms with Crippen molar-refractivity contribution in [3.05, 3.63) is 30.9 Å². The fraction of sp³-hybridized carbons (Fsp3) is 0.476. The highest BCUT2D eigenvalue weighted by Crippen LogP contribution is 2.31. The van der Waals surface area contributed by atoms with Crippen molar-refractivity contribution in [3.63, 3.8) is 0 Å². The first-order valence-electron chi connectivity index (χ1n) is 9.73. The first-order valence-corrected chi connectivity index (χ1v) is 10.7. The van der Waals surface area contributed by atoms with Gasteiger partial charge in [0, 0.05) is 31.3 Å². The van der Waals surface area contributed by atoms with Crippen LogP contribution in [0.25, 0.3) is 11.4 Å². The number of amides is 1. The molecule has 0 aliphatic carbocycles. The van der Waals surface area contributed by atoms with E-state index in [1.54, 1.807) is 20.3 Å². The molecule has 7 nitrogen and oxygen atoms in total. The highest BCUT2D eigenvalue weighted by molar-refractivity contribution is 7.99. The fourth-order valence-corrected chi connectivity index (χ4v) is 4.17. The first-order chi connectivity index (χ1) is 14.0. The largest absolute Gasteiger partial charge is 0.497 e. The maximum Gasteiger partial charge on any atom is 0.233 e. The topological polar surface area (TPSA) is 69.5 Å². The molecule has 0 N–H and O–H groups in total. The smallest absolute Gasteiger partial charge is 0.233 e. The third-order valence-corrected chi connectivity index (χ3v) is 6.05. The van der Waals surface area contributed by atoms with E-state index >= 15 is 0 Å². The van der Waals surface area contributed by atoms with E-state index in [0.29, 0.717) is 40.7 Å². The van der Waals surface area contributed by atoms with E-state index in [-0.39, 0.29) is 5.91 Å². The minimum absolute atomic E-state index is 0.152. The molecule has 0 bridgehead atoms. The number of hydrogen-bond acceptors (Lipinski definition) is 6. The number of carbonyl (C=O) groups is 1. The maximum atomic E-state index is 12.6. The summed E-state index contributed by atoms with van der Waals surface area (Å²) in [5.41, 5.74) is 0.832. The molecule has 1 saturated heterocycles. The zero-order chi connectivity index (χ0) is 20.8. The maximum absolute atomic E-state index is 12.6. The van der Waals surface area contributed by atoms with Gasteiger partial charge in [0.15, 0.2) is 11.0 Å². The van der Waals surface area contributed by atoms with Crippen LogP contribution in [0.5, 0.6) is 11.5 Å². The Balaban J connectivity index is 1.78. The van der Waals surface area contributed by atoms with Crippen LogP contribution in [0.3, 0.4) is 0 Å². The molecule has 3 rings (SSSR count). The van der Waals surface area contributed by atoms with E-state index < -0.39 is 0 Å². The Morgan fingerprint density at radius 2 is 1.86 bits per heavy atom. The zero-order valence-electron chi connectivity index (χ0n) is 17.3. The van der Waals surface area contributed by atoms with Crippen LogP contribution >= 0.6 is 11.8 Å². The predicted molar refractivity (Wildman–Crippen MR) is 114 cm³/mol. The molecule has 1 aliphatic rings. The lowest BCUT2D eigenvalue weighted by Crippen LogP contribution is -2.38. The number of piperidine rings is 1. The van der Waals surface area contributed by atoms with E-state index in [2.05, 4.69) is 23.7 Å². The molecular formula is C21H28N4O3S. The third kappa shape index (κ3) is 5.12. The van der Waals surface area contributed by atoms with E-state index in [9.17, 15) is 4.79 Å². The van der Waals surface area contributed by atoms with Gasteiger partial charge in [-0.1, -0.05) is 24.8 Å². The quantitative estimate of drug-likeness (QED) is 0.485. The number of methoxy groups -OCH3 is 2. The van der Waals surface area contributed by atoms with Crippen molar-refractivity contribution in [2.75, 3.05) is 33.1 Å². The molecule has 2 heterocycles. The molecule has 29 heavy (non-hydrogen) atoms. The number of benzene rings is 1. The van der Waals surface area contributed by atoms with Gasteiger partial charge in [0.05, 0.1) is 20.0 Å². The van der Waals surface area contributed by atoms with Crippen molar-refractivity contribution in [3.8, 4) is 22.9 Å². The van der Waals surface area contributed by atoms with Crippen molar-refractivity contribution in [2.24, 2.45) is 5.92 Å². The Labute approximate surface area is 176 Å². The highest BCUT2D eigenvalue weighted by Gasteiger charge is 2.22. The minimum Gasteiger partial charge on any atom is -0.497 e. The number of ether oxygens (including phenoxy) is 2. The average molecular weight is 417 g/mol. The van der Waals surface area contributed by atoms with Crippen LogP contribution in [0.1, 0.15) is 19.8 Å². The predicted octanol–water partition coefficient (Wildman–Crippen LogP) is 3.50. The summed E-state index contributed by atoms with van der Waals surface area (Å²) in [4.78, 5) is 14.5. The molecule has 1 amide bonds. The number of rotatable bonds is 8. The second-order valence-electron chi connectivity index (χ2n) is 7.16. The number of aromatic nitrogens is 3. The van der Waals surface area contributed by atoms with Crippen molar-refractivity contribution in [1.29, 1.82) is 0 Å². The molecule has 8 heteroatoms. The zero-order valence-corrected chi connectivity index (χ0v) is 18.1. The lowest BCUT2D eigenvalue weighted by Gasteiger charge is -2.30. The standard InChI is InChI=1S/C21H28N4O3S/c1-5-8-25-20(16-11-17(27-3)13-18(12-16)28-4)22-23-21(25)29-14-19(26)24-9-6-15(2)7-10-24/h5,11-13,15H,1,6-10,14H2,2-4H3. The Bertz CT molecular complexity index is 837. The molecule has 0 radical (unpaired) electrons. The van der Waals surface area contributed by atoms with Crippen LogP contribution in [0.2, 0.25) is 0 Å². The summed E-state index contributed by atoms with van der Waals surface area (Å²) in [6.45, 7) is 8.31. The van der Waals surface area contributed by atoms with Crippen LogP contribution in [0.4, 0.5) is 0 Å². The number of carbonyl (C=O) groups excluding carboxylic acids is 1. The Morgan fingerprint density at radius 1 is 1.21 bits per heavy atom. The summed E-state index contributed by atoms with van der Waals surface area (Å²) in [6.07, 6.45) is 3.94. The van der Waals surface area contributed by atoms with E-state index in [4.69, 9.17) is 9.47 Å². The molecule has 1 fully saturated rings. The summed E-state index contributed by atoms with van der Waals surface area (Å²) in [5, 5.41) is 9.39. The highest BCUT2D eigenvalue weighted by atomic mass is 32.2. The number of likely N-dealkylation sites (tertiary alicyclic amines) is 1. The molecule has 1 aromatic carbocycles. The summed E-state index contributed by atoms with van der Waals surface area (Å²) < 4.78 is 12.7. The van der Waals surface area contributed by atoms with Gasteiger partial charge >= 0.3 is 0 Å². The molecule has 1 aliphatic heterocycles. The molecule has 1 aromatic heterocycles. The summed E-state index contributed by atoms with van der Waals surface area (Å²) in [7, 11) is 3.22. The minimum atomic E-state index is 0.152. The van der Waals surface area contributed by atoms with Crippen molar-refractivity contribution < 1.29 is 14.3 Å². The van der Waals surface area contributed by atoms with Crippen LogP contribution < -0.4 is 9.47 Å². The second kappa shape index (κ2) is 9.82. The Morgan fingerprint density at radius 3 is 2.45 bits per heavy atom. The van der Waals surface area contributed by atoms with Gasteiger partial charge in [-0.15, -0.1) is 16.8 Å². The van der Waals surface area contributed by atoms with Crippen molar-refractivity contribution in [1.82, 2.24) is 19.7 Å². The molecule has 2 aromatic rings. The van der Waals surface area contributed by atoms with Crippen molar-refractivity contribution >= 4 is 17.7 Å². The van der Waals surface area contributed by atoms with Gasteiger partial charge in [-0.05, 0) is 30.9 Å². The molecular weight excluding hydrogens is 388 g/mol. The lowest BCUT2D eigenvalue weighted by atomic mass is 9.99. The third-order valence-electron chi connectivity index (χ3n) is 5.10. The van der Waals surface area contributed by atoms with Gasteiger partial charge in [-0.3, -0.25) is 9.36 Å². The summed E-state index contributed by atoms with van der Waals surface area (Å²) in [6, 6.07) is 5.59. The van der Waals surface area contributed by atoms with Gasteiger partial charge in [0.2, 0.25) is 5.91 Å². The molecule has 0 spiro atoms. The van der Waals surface area contributed by atoms with Crippen LogP contribution in [-0.4, -0.2) is 58.6 Å². The number of nitrogens with zero attached hydrogens (tertiary/aromatic N) is 4. The first kappa shape index (κ1) is 21.2. The van der Waals surface area contributed by atoms with E-state index in [1.165, 1.54) is 11.8 Å². The van der Waals surface area contributed by atoms with Gasteiger partial charge in [-0.25, -0.2) is 0 Å². The number of allylic oxidation sites excluding steroid dienone is 1.